The zero-order valence-corrected chi connectivity index (χ0v) is 11.5. The molecule has 1 fully saturated rings. The Morgan fingerprint density at radius 2 is 2.11 bits per heavy atom. The molecule has 0 radical (unpaired) electrons. The Balaban J connectivity index is 2.42. The largest absolute Gasteiger partial charge is 0.480 e. The van der Waals surface area contributed by atoms with E-state index in [-0.39, 0.29) is 12.5 Å². The summed E-state index contributed by atoms with van der Waals surface area (Å²) in [5, 5.41) is 12.1. The second-order valence-corrected chi connectivity index (χ2v) is 5.64. The number of carbonyl (C=O) groups is 2. The van der Waals surface area contributed by atoms with Crippen molar-refractivity contribution in [3.63, 3.8) is 0 Å². The van der Waals surface area contributed by atoms with E-state index in [1.54, 1.807) is 11.8 Å². The number of carboxylic acid groups (broad SMARTS) is 1. The zero-order chi connectivity index (χ0) is 13.8. The van der Waals surface area contributed by atoms with Crippen LogP contribution < -0.4 is 5.32 Å². The molecule has 1 saturated heterocycles. The Morgan fingerprint density at radius 1 is 1.44 bits per heavy atom. The number of nitrogens with zero attached hydrogens (tertiary/aromatic N) is 1. The molecule has 1 rings (SSSR count). The molecule has 0 aromatic rings. The second-order valence-electron chi connectivity index (χ2n) is 5.64. The van der Waals surface area contributed by atoms with Crippen molar-refractivity contribution in [2.45, 2.75) is 45.6 Å². The Hall–Kier alpha value is -1.10. The van der Waals surface area contributed by atoms with E-state index in [1.807, 2.05) is 0 Å². The topological polar surface area (TPSA) is 69.6 Å². The van der Waals surface area contributed by atoms with Crippen LogP contribution in [0.2, 0.25) is 0 Å². The molecule has 0 aromatic heterocycles. The van der Waals surface area contributed by atoms with Gasteiger partial charge in [0.1, 0.15) is 5.54 Å². The van der Waals surface area contributed by atoms with Gasteiger partial charge in [-0.25, -0.2) is 0 Å². The highest BCUT2D eigenvalue weighted by molar-refractivity contribution is 5.82. The Bertz CT molecular complexity index is 317. The summed E-state index contributed by atoms with van der Waals surface area (Å²) in [5.41, 5.74) is -0.880. The van der Waals surface area contributed by atoms with Crippen LogP contribution in [0.4, 0.5) is 0 Å². The van der Waals surface area contributed by atoms with Crippen molar-refractivity contribution in [2.24, 2.45) is 5.92 Å². The molecule has 0 saturated carbocycles. The lowest BCUT2D eigenvalue weighted by Gasteiger charge is -2.30. The average molecular weight is 256 g/mol. The summed E-state index contributed by atoms with van der Waals surface area (Å²) in [6.45, 7) is 7.43. The second kappa shape index (κ2) is 6.18. The van der Waals surface area contributed by atoms with Crippen LogP contribution in [0.1, 0.15) is 40.0 Å². The maximum atomic E-state index is 11.7. The normalized spacial score (nSPS) is 24.4. The minimum absolute atomic E-state index is 0.0787. The fourth-order valence-electron chi connectivity index (χ4n) is 2.24. The molecule has 1 aliphatic heterocycles. The first-order valence-electron chi connectivity index (χ1n) is 6.61. The highest BCUT2D eigenvalue weighted by Gasteiger charge is 2.43. The lowest BCUT2D eigenvalue weighted by Crippen LogP contribution is -2.51. The number of amides is 1. The van der Waals surface area contributed by atoms with Crippen molar-refractivity contribution in [3.8, 4) is 0 Å². The summed E-state index contributed by atoms with van der Waals surface area (Å²) in [5.74, 6) is -0.360. The van der Waals surface area contributed by atoms with Crippen molar-refractivity contribution in [3.05, 3.63) is 0 Å². The summed E-state index contributed by atoms with van der Waals surface area (Å²) in [6, 6.07) is 0. The predicted molar refractivity (Wildman–Crippen MR) is 69.3 cm³/mol. The third-order valence-electron chi connectivity index (χ3n) is 3.63. The van der Waals surface area contributed by atoms with Crippen LogP contribution in [0.5, 0.6) is 0 Å². The van der Waals surface area contributed by atoms with Crippen LogP contribution >= 0.6 is 0 Å². The van der Waals surface area contributed by atoms with Crippen LogP contribution in [0.3, 0.4) is 0 Å². The van der Waals surface area contributed by atoms with E-state index < -0.39 is 11.5 Å². The first kappa shape index (κ1) is 15.0. The zero-order valence-electron chi connectivity index (χ0n) is 11.5. The van der Waals surface area contributed by atoms with Crippen LogP contribution in [-0.4, -0.2) is 47.1 Å². The number of hydrogen-bond donors (Lipinski definition) is 2. The third-order valence-corrected chi connectivity index (χ3v) is 3.63. The number of rotatable bonds is 6. The summed E-state index contributed by atoms with van der Waals surface area (Å²) < 4.78 is 0. The first-order chi connectivity index (χ1) is 8.36. The summed E-state index contributed by atoms with van der Waals surface area (Å²) in [4.78, 5) is 24.8. The number of aliphatic carboxylic acids is 1. The maximum absolute atomic E-state index is 11.7. The smallest absolute Gasteiger partial charge is 0.323 e. The highest BCUT2D eigenvalue weighted by atomic mass is 16.4. The van der Waals surface area contributed by atoms with Crippen molar-refractivity contribution < 1.29 is 14.7 Å². The van der Waals surface area contributed by atoms with E-state index in [4.69, 9.17) is 0 Å². The molecule has 1 atom stereocenters. The predicted octanol–water partition coefficient (Wildman–Crippen LogP) is 1.09. The van der Waals surface area contributed by atoms with Gasteiger partial charge in [0.25, 0.3) is 0 Å². The molecular formula is C13H24N2O3. The number of hydrogen-bond acceptors (Lipinski definition) is 3. The lowest BCUT2D eigenvalue weighted by atomic mass is 9.99. The van der Waals surface area contributed by atoms with Gasteiger partial charge >= 0.3 is 5.97 Å². The van der Waals surface area contributed by atoms with Crippen LogP contribution in [0.15, 0.2) is 0 Å². The molecule has 1 aliphatic rings. The van der Waals surface area contributed by atoms with Crippen molar-refractivity contribution >= 4 is 11.9 Å². The molecule has 5 nitrogen and oxygen atoms in total. The van der Waals surface area contributed by atoms with Crippen molar-refractivity contribution in [2.75, 3.05) is 19.6 Å². The van der Waals surface area contributed by atoms with Crippen LogP contribution in [-0.2, 0) is 9.59 Å². The summed E-state index contributed by atoms with van der Waals surface area (Å²) in [6.07, 6.45) is 2.39. The molecule has 1 heterocycles. The monoisotopic (exact) mass is 256 g/mol. The van der Waals surface area contributed by atoms with Gasteiger partial charge in [-0.1, -0.05) is 13.8 Å². The van der Waals surface area contributed by atoms with Crippen LogP contribution in [0, 0.1) is 5.92 Å². The molecule has 1 amide bonds. The van der Waals surface area contributed by atoms with Gasteiger partial charge in [-0.15, -0.1) is 0 Å². The van der Waals surface area contributed by atoms with Gasteiger partial charge in [0.05, 0.1) is 6.54 Å². The first-order valence-corrected chi connectivity index (χ1v) is 6.61. The van der Waals surface area contributed by atoms with Gasteiger partial charge in [0, 0.05) is 6.54 Å². The molecule has 0 aliphatic carbocycles. The van der Waals surface area contributed by atoms with Gasteiger partial charge in [-0.2, -0.15) is 0 Å². The van der Waals surface area contributed by atoms with E-state index >= 15 is 0 Å². The maximum Gasteiger partial charge on any atom is 0.323 e. The Kier molecular flexibility index (Phi) is 5.14. The third kappa shape index (κ3) is 3.70. The number of carbonyl (C=O) groups excluding carboxylic acids is 1. The summed E-state index contributed by atoms with van der Waals surface area (Å²) >= 11 is 0. The van der Waals surface area contributed by atoms with Gasteiger partial charge < -0.3 is 10.4 Å². The van der Waals surface area contributed by atoms with Crippen molar-refractivity contribution in [1.29, 1.82) is 0 Å². The molecule has 0 spiro atoms. The molecule has 104 valence electrons. The van der Waals surface area contributed by atoms with Crippen LogP contribution in [0.25, 0.3) is 0 Å². The minimum Gasteiger partial charge on any atom is -0.480 e. The standard InChI is InChI=1S/C13H24N2O3/c1-10(2)5-7-14-11(16)9-15-8-4-6-13(15,3)12(17)18/h10H,4-9H2,1-3H3,(H,14,16)(H,17,18). The molecule has 1 unspecified atom stereocenters. The number of nitrogens with one attached hydrogen (secondary N) is 1. The average Bonchev–Trinajstić information content (AvgIpc) is 2.61. The number of carboxylic acids is 1. The minimum atomic E-state index is -0.880. The molecule has 2 N–H and O–H groups in total. The Morgan fingerprint density at radius 3 is 2.67 bits per heavy atom. The van der Waals surface area contributed by atoms with Gasteiger partial charge in [-0.3, -0.25) is 14.5 Å². The van der Waals surface area contributed by atoms with Gasteiger partial charge in [0.2, 0.25) is 5.91 Å². The van der Waals surface area contributed by atoms with E-state index in [0.717, 1.165) is 12.8 Å². The fourth-order valence-corrected chi connectivity index (χ4v) is 2.24. The highest BCUT2D eigenvalue weighted by Crippen LogP contribution is 2.28. The van der Waals surface area contributed by atoms with E-state index in [0.29, 0.717) is 25.4 Å². The fraction of sp³-hybridized carbons (Fsp3) is 0.846. The molecule has 0 aromatic carbocycles. The van der Waals surface area contributed by atoms with E-state index in [2.05, 4.69) is 19.2 Å². The molecular weight excluding hydrogens is 232 g/mol. The van der Waals surface area contributed by atoms with Crippen molar-refractivity contribution in [1.82, 2.24) is 10.2 Å². The van der Waals surface area contributed by atoms with Gasteiger partial charge in [-0.05, 0) is 38.6 Å². The molecule has 0 bridgehead atoms. The summed E-state index contributed by atoms with van der Waals surface area (Å²) in [7, 11) is 0. The molecule has 18 heavy (non-hydrogen) atoms. The van der Waals surface area contributed by atoms with E-state index in [1.165, 1.54) is 0 Å². The van der Waals surface area contributed by atoms with Gasteiger partial charge in [0.15, 0.2) is 0 Å². The SMILES string of the molecule is CC(C)CCNC(=O)CN1CCCC1(C)C(=O)O. The lowest BCUT2D eigenvalue weighted by molar-refractivity contribution is -0.149. The molecule has 5 heteroatoms. The quantitative estimate of drug-likeness (QED) is 0.746. The number of likely N-dealkylation sites (tertiary alicyclic amines) is 1. The Labute approximate surface area is 109 Å². The van der Waals surface area contributed by atoms with E-state index in [9.17, 15) is 14.7 Å².